The molecule has 0 radical (unpaired) electrons. The average Bonchev–Trinajstić information content (AvgIpc) is 3.68. The van der Waals surface area contributed by atoms with Crippen molar-refractivity contribution in [1.29, 1.82) is 0 Å². The van der Waals surface area contributed by atoms with Crippen LogP contribution in [0.4, 0.5) is 29.3 Å². The van der Waals surface area contributed by atoms with Crippen LogP contribution in [0.15, 0.2) is 79.1 Å². The Bertz CT molecular complexity index is 2730. The number of carbonyl (C=O) groups is 4. The summed E-state index contributed by atoms with van der Waals surface area (Å²) >= 11 is 0. The Morgan fingerprint density at radius 2 is 1.60 bits per heavy atom. The van der Waals surface area contributed by atoms with Gasteiger partial charge in [0.1, 0.15) is 29.4 Å². The fourth-order valence-corrected chi connectivity index (χ4v) is 7.44. The predicted molar refractivity (Wildman–Crippen MR) is 234 cm³/mol. The maximum atomic E-state index is 15.1. The smallest absolute Gasteiger partial charge is 0.328 e. The molecule has 0 saturated carbocycles. The topological polar surface area (TPSA) is 181 Å². The number of unbranched alkanes of at least 4 members (excludes halogenated alkanes) is 2. The molecule has 3 heterocycles. The van der Waals surface area contributed by atoms with Gasteiger partial charge in [0.2, 0.25) is 5.91 Å². The highest BCUT2D eigenvalue weighted by molar-refractivity contribution is 6.07. The minimum atomic E-state index is -1.30. The van der Waals surface area contributed by atoms with Crippen LogP contribution in [0.3, 0.4) is 0 Å². The van der Waals surface area contributed by atoms with Crippen molar-refractivity contribution in [2.75, 3.05) is 29.9 Å². The molecule has 4 aromatic carbocycles. The summed E-state index contributed by atoms with van der Waals surface area (Å²) < 4.78 is 44.8. The predicted octanol–water partition coefficient (Wildman–Crippen LogP) is 7.94. The van der Waals surface area contributed by atoms with Crippen molar-refractivity contribution < 1.29 is 37.5 Å². The standard InChI is InChI=1S/C47H47F3N8O5/c1-26-18-36(49)34(23-40(26)58-17-14-41(59)57-46(58)62)44(60)52-16-7-5-6-15-51-24-28-8-10-29(11-9-28)39-22-35-42(53-25-54-43(35)55-39)33-20-31(48)21-38(27(33)2)56-45(61)32-13-12-30(19-37(32)50)47(3,4)63/h8-13,18-23,25,51,63H,5-7,14-17,24H2,1-4H3,(H,52,60)(H,56,61)(H,53,54,55)(H,57,59,62). The van der Waals surface area contributed by atoms with Gasteiger partial charge in [-0.2, -0.15) is 0 Å². The van der Waals surface area contributed by atoms with E-state index in [0.717, 1.165) is 42.3 Å². The lowest BCUT2D eigenvalue weighted by Crippen LogP contribution is -2.49. The number of anilines is 2. The molecule has 1 aliphatic rings. The summed E-state index contributed by atoms with van der Waals surface area (Å²) in [4.78, 5) is 63.4. The van der Waals surface area contributed by atoms with Gasteiger partial charge in [0, 0.05) is 54.1 Å². The maximum absolute atomic E-state index is 15.1. The highest BCUT2D eigenvalue weighted by atomic mass is 19.1. The number of fused-ring (bicyclic) bond motifs is 1. The van der Waals surface area contributed by atoms with Gasteiger partial charge in [-0.3, -0.25) is 24.6 Å². The number of nitrogens with one attached hydrogen (secondary N) is 5. The van der Waals surface area contributed by atoms with Gasteiger partial charge in [0.05, 0.1) is 22.4 Å². The summed E-state index contributed by atoms with van der Waals surface area (Å²) in [5.74, 6) is -3.86. The van der Waals surface area contributed by atoms with E-state index < -0.39 is 40.9 Å². The molecule has 7 rings (SSSR count). The first-order chi connectivity index (χ1) is 30.1. The van der Waals surface area contributed by atoms with E-state index in [9.17, 15) is 33.1 Å². The van der Waals surface area contributed by atoms with Crippen molar-refractivity contribution in [3.63, 3.8) is 0 Å². The summed E-state index contributed by atoms with van der Waals surface area (Å²) in [6, 6.07) is 18.2. The molecule has 0 unspecified atom stereocenters. The Kier molecular flexibility index (Phi) is 13.0. The Hall–Kier alpha value is -6.91. The van der Waals surface area contributed by atoms with Crippen LogP contribution in [0, 0.1) is 31.3 Å². The van der Waals surface area contributed by atoms with Crippen molar-refractivity contribution >= 4 is 46.2 Å². The number of urea groups is 1. The van der Waals surface area contributed by atoms with Gasteiger partial charge in [-0.15, -0.1) is 0 Å². The number of hydrogen-bond acceptors (Lipinski definition) is 8. The number of aromatic amines is 1. The zero-order chi connectivity index (χ0) is 45.0. The minimum Gasteiger partial charge on any atom is -0.386 e. The highest BCUT2D eigenvalue weighted by Crippen LogP contribution is 2.35. The van der Waals surface area contributed by atoms with Crippen molar-refractivity contribution in [2.45, 2.75) is 65.5 Å². The van der Waals surface area contributed by atoms with Crippen molar-refractivity contribution in [3.05, 3.63) is 130 Å². The van der Waals surface area contributed by atoms with Crippen molar-refractivity contribution in [2.24, 2.45) is 0 Å². The SMILES string of the molecule is Cc1cc(F)c(C(=O)NCCCCCNCc2ccc(-c3cc4c(-c5cc(F)cc(NC(=O)c6ccc(C(C)(C)O)cc6F)c5C)ncnc4[nH]3)cc2)cc1N1CCC(=O)NC1=O. The summed E-state index contributed by atoms with van der Waals surface area (Å²) in [5.41, 5.74) is 4.22. The van der Waals surface area contributed by atoms with Crippen LogP contribution in [-0.2, 0) is 16.9 Å². The lowest BCUT2D eigenvalue weighted by molar-refractivity contribution is -0.120. The molecule has 0 spiro atoms. The zero-order valence-corrected chi connectivity index (χ0v) is 35.2. The van der Waals surface area contributed by atoms with Crippen molar-refractivity contribution in [3.8, 4) is 22.5 Å². The lowest BCUT2D eigenvalue weighted by Gasteiger charge is -2.28. The normalized spacial score (nSPS) is 13.0. The van der Waals surface area contributed by atoms with Crippen LogP contribution in [0.5, 0.6) is 0 Å². The molecule has 2 aromatic heterocycles. The Labute approximate surface area is 361 Å². The van der Waals surface area contributed by atoms with E-state index in [4.69, 9.17) is 0 Å². The summed E-state index contributed by atoms with van der Waals surface area (Å²) in [6.07, 6.45) is 3.85. The molecule has 0 atom stereocenters. The van der Waals surface area contributed by atoms with Crippen LogP contribution >= 0.6 is 0 Å². The van der Waals surface area contributed by atoms with E-state index >= 15 is 4.39 Å². The minimum absolute atomic E-state index is 0.113. The number of imide groups is 1. The monoisotopic (exact) mass is 860 g/mol. The Balaban J connectivity index is 0.908. The first-order valence-electron chi connectivity index (χ1n) is 20.5. The number of benzene rings is 4. The molecule has 16 heteroatoms. The third-order valence-corrected chi connectivity index (χ3v) is 11.0. The van der Waals surface area contributed by atoms with E-state index in [1.54, 1.807) is 13.8 Å². The highest BCUT2D eigenvalue weighted by Gasteiger charge is 2.27. The molecular weight excluding hydrogens is 814 g/mol. The second kappa shape index (κ2) is 18.6. The fourth-order valence-electron chi connectivity index (χ4n) is 7.44. The average molecular weight is 861 g/mol. The van der Waals surface area contributed by atoms with Gasteiger partial charge >= 0.3 is 6.03 Å². The summed E-state index contributed by atoms with van der Waals surface area (Å²) in [6.45, 7) is 8.25. The fraction of sp³-hybridized carbons (Fsp3) is 0.277. The quantitative estimate of drug-likeness (QED) is 0.0563. The van der Waals surface area contributed by atoms with E-state index in [1.165, 1.54) is 61.5 Å². The molecule has 0 bridgehead atoms. The van der Waals surface area contributed by atoms with Crippen LogP contribution in [0.1, 0.15) is 82.5 Å². The second-order valence-electron chi connectivity index (χ2n) is 16.1. The number of hydrogen-bond donors (Lipinski definition) is 6. The van der Waals surface area contributed by atoms with Crippen LogP contribution in [0.25, 0.3) is 33.5 Å². The largest absolute Gasteiger partial charge is 0.386 e. The van der Waals surface area contributed by atoms with E-state index in [-0.39, 0.29) is 35.7 Å². The van der Waals surface area contributed by atoms with Crippen LogP contribution in [0.2, 0.25) is 0 Å². The Morgan fingerprint density at radius 1 is 0.857 bits per heavy atom. The molecule has 6 aromatic rings. The molecule has 1 fully saturated rings. The molecular formula is C47H47F3N8O5. The first kappa shape index (κ1) is 44.2. The number of amides is 5. The number of aryl methyl sites for hydroxylation is 1. The van der Waals surface area contributed by atoms with Crippen LogP contribution < -0.4 is 26.2 Å². The van der Waals surface area contributed by atoms with E-state index in [2.05, 4.69) is 36.2 Å². The van der Waals surface area contributed by atoms with Gasteiger partial charge in [0.15, 0.2) is 0 Å². The third-order valence-electron chi connectivity index (χ3n) is 11.0. The van der Waals surface area contributed by atoms with Gasteiger partial charge in [-0.1, -0.05) is 36.8 Å². The van der Waals surface area contributed by atoms with Gasteiger partial charge in [-0.25, -0.2) is 27.9 Å². The Morgan fingerprint density at radius 3 is 2.33 bits per heavy atom. The maximum Gasteiger partial charge on any atom is 0.328 e. The molecule has 5 amide bonds. The second-order valence-corrected chi connectivity index (χ2v) is 16.1. The molecule has 6 N–H and O–H groups in total. The zero-order valence-electron chi connectivity index (χ0n) is 35.2. The lowest BCUT2D eigenvalue weighted by atomic mass is 9.96. The molecule has 63 heavy (non-hydrogen) atoms. The number of carbonyl (C=O) groups excluding carboxylic acids is 4. The number of aromatic nitrogens is 3. The molecule has 326 valence electrons. The summed E-state index contributed by atoms with van der Waals surface area (Å²) in [7, 11) is 0. The first-order valence-corrected chi connectivity index (χ1v) is 20.5. The number of rotatable bonds is 15. The van der Waals surface area contributed by atoms with Gasteiger partial charge < -0.3 is 26.0 Å². The van der Waals surface area contributed by atoms with E-state index in [1.807, 2.05) is 30.3 Å². The number of H-pyrrole nitrogens is 1. The molecule has 1 saturated heterocycles. The number of nitrogens with zero attached hydrogens (tertiary/aromatic N) is 3. The third kappa shape index (κ3) is 10.1. The van der Waals surface area contributed by atoms with Crippen LogP contribution in [-0.4, -0.2) is 63.4 Å². The van der Waals surface area contributed by atoms with E-state index in [0.29, 0.717) is 64.2 Å². The van der Waals surface area contributed by atoms with Gasteiger partial charge in [-0.05, 0) is 117 Å². The molecule has 1 aliphatic heterocycles. The van der Waals surface area contributed by atoms with Gasteiger partial charge in [0.25, 0.3) is 11.8 Å². The van der Waals surface area contributed by atoms with Crippen molar-refractivity contribution in [1.82, 2.24) is 30.9 Å². The number of halogens is 3. The molecule has 13 nitrogen and oxygen atoms in total. The summed E-state index contributed by atoms with van der Waals surface area (Å²) in [5, 5.41) is 21.9. The molecule has 0 aliphatic carbocycles. The number of aliphatic hydroxyl groups is 1.